The van der Waals surface area contributed by atoms with Crippen LogP contribution in [-0.2, 0) is 14.6 Å². The SMILES string of the molecule is CCCCOC(=S)N[C@@H]1CS(=O)(=O)C[C@H]1Cl. The summed E-state index contributed by atoms with van der Waals surface area (Å²) in [4.78, 5) is 0. The van der Waals surface area contributed by atoms with Crippen molar-refractivity contribution < 1.29 is 13.2 Å². The molecule has 0 radical (unpaired) electrons. The molecular weight excluding hydrogens is 270 g/mol. The molecule has 1 fully saturated rings. The quantitative estimate of drug-likeness (QED) is 0.476. The summed E-state index contributed by atoms with van der Waals surface area (Å²) in [5.41, 5.74) is 0. The van der Waals surface area contributed by atoms with Crippen molar-refractivity contribution in [1.29, 1.82) is 0 Å². The molecule has 0 aliphatic carbocycles. The van der Waals surface area contributed by atoms with Crippen molar-refractivity contribution in [3.8, 4) is 0 Å². The first kappa shape index (κ1) is 14.0. The second-order valence-electron chi connectivity index (χ2n) is 3.83. The van der Waals surface area contributed by atoms with E-state index >= 15 is 0 Å². The second kappa shape index (κ2) is 6.02. The maximum absolute atomic E-state index is 11.3. The van der Waals surface area contributed by atoms with Crippen molar-refractivity contribution in [2.24, 2.45) is 0 Å². The maximum Gasteiger partial charge on any atom is 0.256 e. The van der Waals surface area contributed by atoms with E-state index < -0.39 is 15.2 Å². The number of rotatable bonds is 4. The Morgan fingerprint density at radius 1 is 1.56 bits per heavy atom. The van der Waals surface area contributed by atoms with Crippen LogP contribution in [0.25, 0.3) is 0 Å². The average Bonchev–Trinajstić information content (AvgIpc) is 2.40. The van der Waals surface area contributed by atoms with E-state index in [9.17, 15) is 8.42 Å². The molecule has 0 unspecified atom stereocenters. The van der Waals surface area contributed by atoms with Gasteiger partial charge in [-0.25, -0.2) is 8.42 Å². The van der Waals surface area contributed by atoms with E-state index in [0.717, 1.165) is 12.8 Å². The lowest BCUT2D eigenvalue weighted by atomic mass is 10.3. The molecule has 1 saturated heterocycles. The van der Waals surface area contributed by atoms with Gasteiger partial charge in [0, 0.05) is 0 Å². The zero-order valence-electron chi connectivity index (χ0n) is 9.11. The molecule has 0 bridgehead atoms. The van der Waals surface area contributed by atoms with Crippen LogP contribution >= 0.6 is 23.8 Å². The lowest BCUT2D eigenvalue weighted by Gasteiger charge is -2.16. The third-order valence-electron chi connectivity index (χ3n) is 2.32. The minimum Gasteiger partial charge on any atom is -0.471 e. The topological polar surface area (TPSA) is 55.4 Å². The molecular formula is C9H16ClNO3S2. The highest BCUT2D eigenvalue weighted by Crippen LogP contribution is 2.18. The van der Waals surface area contributed by atoms with E-state index in [2.05, 4.69) is 12.2 Å². The number of nitrogens with one attached hydrogen (secondary N) is 1. The van der Waals surface area contributed by atoms with Crippen LogP contribution < -0.4 is 5.32 Å². The van der Waals surface area contributed by atoms with Crippen molar-refractivity contribution in [3.05, 3.63) is 0 Å². The molecule has 0 aromatic rings. The van der Waals surface area contributed by atoms with Crippen LogP contribution in [0.5, 0.6) is 0 Å². The van der Waals surface area contributed by atoms with Gasteiger partial charge in [-0.1, -0.05) is 13.3 Å². The number of hydrogen-bond acceptors (Lipinski definition) is 4. The molecule has 7 heteroatoms. The van der Waals surface area contributed by atoms with Gasteiger partial charge in [-0.15, -0.1) is 11.6 Å². The molecule has 4 nitrogen and oxygen atoms in total. The Bertz CT molecular complexity index is 345. The van der Waals surface area contributed by atoms with Gasteiger partial charge in [0.1, 0.15) is 0 Å². The van der Waals surface area contributed by atoms with Gasteiger partial charge in [-0.3, -0.25) is 0 Å². The Kier molecular flexibility index (Phi) is 5.27. The molecule has 1 rings (SSSR count). The molecule has 0 saturated carbocycles. The number of halogens is 1. The van der Waals surface area contributed by atoms with E-state index in [4.69, 9.17) is 28.6 Å². The van der Waals surface area contributed by atoms with Gasteiger partial charge >= 0.3 is 0 Å². The van der Waals surface area contributed by atoms with Crippen molar-refractivity contribution in [3.63, 3.8) is 0 Å². The minimum absolute atomic E-state index is 0.00377. The van der Waals surface area contributed by atoms with Gasteiger partial charge in [0.15, 0.2) is 9.84 Å². The number of alkyl halides is 1. The fraction of sp³-hybridized carbons (Fsp3) is 0.889. The van der Waals surface area contributed by atoms with Gasteiger partial charge in [-0.2, -0.15) is 0 Å². The van der Waals surface area contributed by atoms with Gasteiger partial charge in [0.25, 0.3) is 5.17 Å². The molecule has 2 atom stereocenters. The fourth-order valence-corrected chi connectivity index (χ4v) is 4.22. The Morgan fingerprint density at radius 2 is 2.25 bits per heavy atom. The summed E-state index contributed by atoms with van der Waals surface area (Å²) in [6.07, 6.45) is 1.95. The van der Waals surface area contributed by atoms with Crippen LogP contribution in [0, 0.1) is 0 Å². The summed E-state index contributed by atoms with van der Waals surface area (Å²) in [7, 11) is -3.03. The molecule has 1 N–H and O–H groups in total. The van der Waals surface area contributed by atoms with Crippen molar-refractivity contribution in [2.45, 2.75) is 31.2 Å². The van der Waals surface area contributed by atoms with E-state index in [-0.39, 0.29) is 22.7 Å². The largest absolute Gasteiger partial charge is 0.471 e. The predicted molar refractivity (Wildman–Crippen MR) is 68.7 cm³/mol. The number of hydrogen-bond donors (Lipinski definition) is 1. The normalized spacial score (nSPS) is 27.6. The number of sulfone groups is 1. The molecule has 1 aliphatic heterocycles. The van der Waals surface area contributed by atoms with Crippen molar-refractivity contribution >= 4 is 38.8 Å². The third kappa shape index (κ3) is 4.43. The molecule has 1 heterocycles. The zero-order valence-corrected chi connectivity index (χ0v) is 11.5. The molecule has 0 aromatic heterocycles. The number of unbranched alkanes of at least 4 members (excludes halogenated alkanes) is 1. The number of ether oxygens (including phenoxy) is 1. The van der Waals surface area contributed by atoms with Gasteiger partial charge < -0.3 is 10.1 Å². The van der Waals surface area contributed by atoms with Crippen LogP contribution in [0.3, 0.4) is 0 Å². The lowest BCUT2D eigenvalue weighted by molar-refractivity contribution is 0.287. The lowest BCUT2D eigenvalue weighted by Crippen LogP contribution is -2.40. The summed E-state index contributed by atoms with van der Waals surface area (Å²) < 4.78 is 27.8. The summed E-state index contributed by atoms with van der Waals surface area (Å²) in [6.45, 7) is 2.60. The third-order valence-corrected chi connectivity index (χ3v) is 4.93. The summed E-state index contributed by atoms with van der Waals surface area (Å²) >= 11 is 10.9. The summed E-state index contributed by atoms with van der Waals surface area (Å²) in [5, 5.41) is 2.65. The van der Waals surface area contributed by atoms with Crippen LogP contribution in [0.2, 0.25) is 0 Å². The van der Waals surface area contributed by atoms with Crippen molar-refractivity contribution in [1.82, 2.24) is 5.32 Å². The first-order valence-corrected chi connectivity index (χ1v) is 7.89. The molecule has 0 spiro atoms. The molecule has 1 aliphatic rings. The van der Waals surface area contributed by atoms with Gasteiger partial charge in [0.2, 0.25) is 0 Å². The van der Waals surface area contributed by atoms with Gasteiger partial charge in [-0.05, 0) is 18.6 Å². The van der Waals surface area contributed by atoms with Crippen molar-refractivity contribution in [2.75, 3.05) is 18.1 Å². The summed E-state index contributed by atoms with van der Waals surface area (Å²) in [6, 6.07) is -0.333. The van der Waals surface area contributed by atoms with E-state index in [1.807, 2.05) is 0 Å². The second-order valence-corrected chi connectivity index (χ2v) is 6.92. The highest BCUT2D eigenvalue weighted by molar-refractivity contribution is 7.91. The molecule has 16 heavy (non-hydrogen) atoms. The molecule has 0 amide bonds. The highest BCUT2D eigenvalue weighted by Gasteiger charge is 2.36. The predicted octanol–water partition coefficient (Wildman–Crippen LogP) is 1.08. The molecule has 0 aromatic carbocycles. The average molecular weight is 286 g/mol. The van der Waals surface area contributed by atoms with Crippen LogP contribution in [0.15, 0.2) is 0 Å². The van der Waals surface area contributed by atoms with Gasteiger partial charge in [0.05, 0.1) is 29.5 Å². The Morgan fingerprint density at radius 3 is 2.75 bits per heavy atom. The van der Waals surface area contributed by atoms with Crippen LogP contribution in [0.1, 0.15) is 19.8 Å². The Labute approximate surface area is 107 Å². The first-order valence-electron chi connectivity index (χ1n) is 5.22. The Hall–Kier alpha value is -0.0700. The Balaban J connectivity index is 2.35. The summed E-state index contributed by atoms with van der Waals surface area (Å²) in [5.74, 6) is 0.0300. The fourth-order valence-electron chi connectivity index (χ4n) is 1.44. The maximum atomic E-state index is 11.3. The zero-order chi connectivity index (χ0) is 12.2. The highest BCUT2D eigenvalue weighted by atomic mass is 35.5. The van der Waals surface area contributed by atoms with Crippen LogP contribution in [-0.4, -0.2) is 43.1 Å². The van der Waals surface area contributed by atoms with E-state index in [0.29, 0.717) is 6.61 Å². The van der Waals surface area contributed by atoms with Crippen LogP contribution in [0.4, 0.5) is 0 Å². The number of thiocarbonyl (C=S) groups is 1. The smallest absolute Gasteiger partial charge is 0.256 e. The first-order chi connectivity index (χ1) is 7.44. The monoisotopic (exact) mass is 285 g/mol. The van der Waals surface area contributed by atoms with E-state index in [1.54, 1.807) is 0 Å². The standard InChI is InChI=1S/C9H16ClNO3S2/c1-2-3-4-14-9(15)11-8-6-16(12,13)5-7(8)10/h7-8H,2-6H2,1H3,(H,11,15)/t7-,8-/m1/s1. The molecule has 94 valence electrons. The van der Waals surface area contributed by atoms with E-state index in [1.165, 1.54) is 0 Å². The minimum atomic E-state index is -3.03.